The third-order valence-electron chi connectivity index (χ3n) is 5.70. The molecule has 0 spiro atoms. The van der Waals surface area contributed by atoms with E-state index in [9.17, 15) is 0 Å². The molecule has 0 saturated carbocycles. The van der Waals surface area contributed by atoms with Crippen LogP contribution in [0.4, 0.5) is 0 Å². The van der Waals surface area contributed by atoms with E-state index in [1.807, 2.05) is 11.8 Å². The summed E-state index contributed by atoms with van der Waals surface area (Å²) in [6.07, 6.45) is 8.82. The summed E-state index contributed by atoms with van der Waals surface area (Å²) in [6, 6.07) is 19.7. The fourth-order valence-corrected chi connectivity index (χ4v) is 5.26. The zero-order chi connectivity index (χ0) is 18.3. The molecule has 0 amide bonds. The van der Waals surface area contributed by atoms with Crippen LogP contribution in [0.15, 0.2) is 65.7 Å². The van der Waals surface area contributed by atoms with Crippen molar-refractivity contribution in [3.63, 3.8) is 0 Å². The summed E-state index contributed by atoms with van der Waals surface area (Å²) in [5, 5.41) is 1.36. The van der Waals surface area contributed by atoms with E-state index in [4.69, 9.17) is 0 Å². The number of thioether (sulfide) groups is 1. The monoisotopic (exact) mass is 378 g/mol. The van der Waals surface area contributed by atoms with Gasteiger partial charge in [-0.15, -0.1) is 11.8 Å². The second-order valence-electron chi connectivity index (χ2n) is 7.66. The van der Waals surface area contributed by atoms with Crippen LogP contribution in [0.3, 0.4) is 0 Å². The fourth-order valence-electron chi connectivity index (χ4n) is 4.22. The molecule has 3 heteroatoms. The molecular weight excluding hydrogens is 348 g/mol. The maximum Gasteiger partial charge on any atom is 0.0465 e. The molecule has 1 N–H and O–H groups in total. The Morgan fingerprint density at radius 1 is 0.963 bits per heavy atom. The molecule has 0 radical (unpaired) electrons. The second-order valence-corrected chi connectivity index (χ2v) is 8.79. The summed E-state index contributed by atoms with van der Waals surface area (Å²) in [6.45, 7) is 3.79. The third-order valence-corrected chi connectivity index (χ3v) is 6.85. The molecule has 1 atom stereocenters. The van der Waals surface area contributed by atoms with Gasteiger partial charge in [0.05, 0.1) is 0 Å². The number of unbranched alkanes of at least 4 members (excludes halogenated alkanes) is 2. The maximum atomic E-state index is 3.37. The molecule has 0 aliphatic carbocycles. The molecule has 2 heterocycles. The highest BCUT2D eigenvalue weighted by atomic mass is 32.2. The minimum absolute atomic E-state index is 0.734. The van der Waals surface area contributed by atoms with E-state index in [1.54, 1.807) is 0 Å². The lowest BCUT2D eigenvalue weighted by Gasteiger charge is -2.33. The molecule has 1 aliphatic rings. The van der Waals surface area contributed by atoms with E-state index >= 15 is 0 Å². The third kappa shape index (κ3) is 4.97. The lowest BCUT2D eigenvalue weighted by molar-refractivity contribution is 0.204. The number of H-pyrrole nitrogens is 1. The van der Waals surface area contributed by atoms with Gasteiger partial charge in [-0.3, -0.25) is 0 Å². The van der Waals surface area contributed by atoms with Crippen LogP contribution in [-0.2, 0) is 0 Å². The first-order chi connectivity index (χ1) is 13.4. The number of nitrogens with zero attached hydrogens (tertiary/aromatic N) is 1. The number of hydrogen-bond acceptors (Lipinski definition) is 2. The standard InChI is InChI=1S/C24H30N2S/c1-3-10-20(11-4-1)21-12-9-16-26(19-21)15-7-2-8-17-27-24-18-25-23-14-6-5-13-22(23)24/h1,3-6,10-11,13-14,18,21,25H,2,7-9,12,15-17,19H2. The Hall–Kier alpha value is -1.71. The first kappa shape index (κ1) is 18.6. The highest BCUT2D eigenvalue weighted by molar-refractivity contribution is 7.99. The topological polar surface area (TPSA) is 19.0 Å². The minimum Gasteiger partial charge on any atom is -0.360 e. The zero-order valence-electron chi connectivity index (χ0n) is 16.1. The fraction of sp³-hybridized carbons (Fsp3) is 0.417. The average molecular weight is 379 g/mol. The average Bonchev–Trinajstić information content (AvgIpc) is 3.15. The molecule has 1 aliphatic heterocycles. The molecule has 142 valence electrons. The van der Waals surface area contributed by atoms with Crippen LogP contribution in [-0.4, -0.2) is 35.3 Å². The lowest BCUT2D eigenvalue weighted by atomic mass is 9.90. The first-order valence-electron chi connectivity index (χ1n) is 10.4. The molecule has 2 nitrogen and oxygen atoms in total. The van der Waals surface area contributed by atoms with Gasteiger partial charge < -0.3 is 9.88 Å². The lowest BCUT2D eigenvalue weighted by Crippen LogP contribution is -2.35. The normalized spacial score (nSPS) is 18.1. The molecular formula is C24H30N2S. The second kappa shape index (κ2) is 9.48. The van der Waals surface area contributed by atoms with Crippen molar-refractivity contribution in [2.24, 2.45) is 0 Å². The predicted octanol–water partition coefficient (Wildman–Crippen LogP) is 6.31. The summed E-state index contributed by atoms with van der Waals surface area (Å²) in [4.78, 5) is 7.46. The molecule has 0 bridgehead atoms. The number of piperidine rings is 1. The van der Waals surface area contributed by atoms with Crippen LogP contribution in [0.2, 0.25) is 0 Å². The van der Waals surface area contributed by atoms with Gasteiger partial charge in [-0.2, -0.15) is 0 Å². The van der Waals surface area contributed by atoms with Gasteiger partial charge >= 0.3 is 0 Å². The minimum atomic E-state index is 0.734. The molecule has 4 rings (SSSR count). The molecule has 1 aromatic heterocycles. The van der Waals surface area contributed by atoms with Gasteiger partial charge in [0, 0.05) is 28.5 Å². The molecule has 27 heavy (non-hydrogen) atoms. The molecule has 3 aromatic rings. The highest BCUT2D eigenvalue weighted by Gasteiger charge is 2.20. The van der Waals surface area contributed by atoms with Gasteiger partial charge in [-0.05, 0) is 62.1 Å². The van der Waals surface area contributed by atoms with Crippen LogP contribution in [0.1, 0.15) is 43.6 Å². The highest BCUT2D eigenvalue weighted by Crippen LogP contribution is 2.29. The van der Waals surface area contributed by atoms with Gasteiger partial charge in [-0.1, -0.05) is 55.0 Å². The quantitative estimate of drug-likeness (QED) is 0.366. The van der Waals surface area contributed by atoms with E-state index in [0.29, 0.717) is 0 Å². The Labute approximate surface area is 167 Å². The molecule has 1 saturated heterocycles. The van der Waals surface area contributed by atoms with Crippen molar-refractivity contribution in [1.82, 2.24) is 9.88 Å². The SMILES string of the molecule is c1ccc(C2CCCN(CCCCCSc3c[nH]c4ccccc34)C2)cc1. The number of fused-ring (bicyclic) bond motifs is 1. The number of rotatable bonds is 8. The smallest absolute Gasteiger partial charge is 0.0465 e. The zero-order valence-corrected chi connectivity index (χ0v) is 16.9. The van der Waals surface area contributed by atoms with E-state index < -0.39 is 0 Å². The summed E-state index contributed by atoms with van der Waals surface area (Å²) >= 11 is 2.00. The van der Waals surface area contributed by atoms with Gasteiger partial charge in [-0.25, -0.2) is 0 Å². The Kier molecular flexibility index (Phi) is 6.54. The summed E-state index contributed by atoms with van der Waals surface area (Å²) in [5.41, 5.74) is 2.77. The van der Waals surface area contributed by atoms with E-state index in [1.165, 1.54) is 78.9 Å². The summed E-state index contributed by atoms with van der Waals surface area (Å²) < 4.78 is 0. The Bertz CT molecular complexity index is 827. The van der Waals surface area contributed by atoms with Crippen LogP contribution >= 0.6 is 11.8 Å². The van der Waals surface area contributed by atoms with Crippen molar-refractivity contribution in [1.29, 1.82) is 0 Å². The predicted molar refractivity (Wildman–Crippen MR) is 118 cm³/mol. The number of para-hydroxylation sites is 1. The maximum absolute atomic E-state index is 3.37. The number of aromatic amines is 1. The number of likely N-dealkylation sites (tertiary alicyclic amines) is 1. The molecule has 1 unspecified atom stereocenters. The van der Waals surface area contributed by atoms with Gasteiger partial charge in [0.2, 0.25) is 0 Å². The Morgan fingerprint density at radius 3 is 2.74 bits per heavy atom. The van der Waals surface area contributed by atoms with E-state index in [2.05, 4.69) is 70.7 Å². The summed E-state index contributed by atoms with van der Waals surface area (Å²) in [7, 11) is 0. The van der Waals surface area contributed by atoms with Crippen molar-refractivity contribution in [3.05, 3.63) is 66.4 Å². The van der Waals surface area contributed by atoms with Gasteiger partial charge in [0.1, 0.15) is 0 Å². The molecule has 2 aromatic carbocycles. The Balaban J connectivity index is 1.15. The Morgan fingerprint density at radius 2 is 1.81 bits per heavy atom. The van der Waals surface area contributed by atoms with E-state index in [0.717, 1.165) is 5.92 Å². The number of benzene rings is 2. The van der Waals surface area contributed by atoms with Crippen molar-refractivity contribution in [2.75, 3.05) is 25.4 Å². The number of aromatic nitrogens is 1. The summed E-state index contributed by atoms with van der Waals surface area (Å²) in [5.74, 6) is 1.95. The van der Waals surface area contributed by atoms with Crippen molar-refractivity contribution < 1.29 is 0 Å². The first-order valence-corrected chi connectivity index (χ1v) is 11.3. The van der Waals surface area contributed by atoms with Gasteiger partial charge in [0.15, 0.2) is 0 Å². The number of hydrogen-bond donors (Lipinski definition) is 1. The van der Waals surface area contributed by atoms with Crippen molar-refractivity contribution in [2.45, 2.75) is 42.9 Å². The van der Waals surface area contributed by atoms with Crippen LogP contribution < -0.4 is 0 Å². The van der Waals surface area contributed by atoms with Crippen molar-refractivity contribution >= 4 is 22.7 Å². The number of nitrogens with one attached hydrogen (secondary N) is 1. The largest absolute Gasteiger partial charge is 0.360 e. The van der Waals surface area contributed by atoms with Crippen LogP contribution in [0.25, 0.3) is 10.9 Å². The van der Waals surface area contributed by atoms with Crippen molar-refractivity contribution in [3.8, 4) is 0 Å². The van der Waals surface area contributed by atoms with Crippen LogP contribution in [0.5, 0.6) is 0 Å². The molecule has 1 fully saturated rings. The van der Waals surface area contributed by atoms with Gasteiger partial charge in [0.25, 0.3) is 0 Å². The van der Waals surface area contributed by atoms with E-state index in [-0.39, 0.29) is 0 Å². The van der Waals surface area contributed by atoms with Crippen LogP contribution in [0, 0.1) is 0 Å².